The second-order valence-electron chi connectivity index (χ2n) is 5.60. The molecule has 1 aliphatic carbocycles. The minimum Gasteiger partial charge on any atom is -0.479 e. The number of hydrogen-bond acceptors (Lipinski definition) is 3. The SMILES string of the molecule is O=C(O)[C@@H]1CN(C(=O)[C@@H]2C[C@H]2c2ccc(F)cc2F)CCO1. The van der Waals surface area contributed by atoms with E-state index in [1.165, 1.54) is 17.0 Å². The molecule has 1 amide bonds. The Balaban J connectivity index is 1.66. The van der Waals surface area contributed by atoms with Crippen LogP contribution in [0, 0.1) is 17.6 Å². The van der Waals surface area contributed by atoms with Crippen LogP contribution in [0.3, 0.4) is 0 Å². The number of carboxylic acid groups (broad SMARTS) is 1. The molecule has 7 heteroatoms. The van der Waals surface area contributed by atoms with E-state index in [4.69, 9.17) is 9.84 Å². The molecule has 0 spiro atoms. The molecule has 1 N–H and O–H groups in total. The first-order valence-electron chi connectivity index (χ1n) is 7.05. The Labute approximate surface area is 125 Å². The molecule has 2 fully saturated rings. The third-order valence-corrected chi connectivity index (χ3v) is 4.12. The molecule has 0 unspecified atom stereocenters. The van der Waals surface area contributed by atoms with Crippen LogP contribution < -0.4 is 0 Å². The van der Waals surface area contributed by atoms with Gasteiger partial charge in [0.15, 0.2) is 6.10 Å². The van der Waals surface area contributed by atoms with Crippen molar-refractivity contribution in [2.45, 2.75) is 18.4 Å². The van der Waals surface area contributed by atoms with Gasteiger partial charge in [0.2, 0.25) is 5.91 Å². The van der Waals surface area contributed by atoms with Crippen LogP contribution in [0.4, 0.5) is 8.78 Å². The van der Waals surface area contributed by atoms with Crippen molar-refractivity contribution in [3.63, 3.8) is 0 Å². The summed E-state index contributed by atoms with van der Waals surface area (Å²) >= 11 is 0. The highest BCUT2D eigenvalue weighted by atomic mass is 19.1. The zero-order chi connectivity index (χ0) is 15.9. The first kappa shape index (κ1) is 14.9. The molecule has 3 atom stereocenters. The van der Waals surface area contributed by atoms with E-state index in [2.05, 4.69) is 0 Å². The summed E-state index contributed by atoms with van der Waals surface area (Å²) in [6, 6.07) is 3.35. The molecule has 1 heterocycles. The number of halogens is 2. The lowest BCUT2D eigenvalue weighted by Crippen LogP contribution is -2.49. The van der Waals surface area contributed by atoms with Gasteiger partial charge in [-0.15, -0.1) is 0 Å². The van der Waals surface area contributed by atoms with Gasteiger partial charge in [-0.2, -0.15) is 0 Å². The average molecular weight is 311 g/mol. The van der Waals surface area contributed by atoms with Crippen LogP contribution >= 0.6 is 0 Å². The van der Waals surface area contributed by atoms with E-state index in [-0.39, 0.29) is 30.9 Å². The van der Waals surface area contributed by atoms with Crippen molar-refractivity contribution in [2.24, 2.45) is 5.92 Å². The monoisotopic (exact) mass is 311 g/mol. The number of carbonyl (C=O) groups is 2. The molecule has 1 saturated heterocycles. The number of rotatable bonds is 3. The first-order valence-corrected chi connectivity index (χ1v) is 7.05. The summed E-state index contributed by atoms with van der Waals surface area (Å²) in [4.78, 5) is 24.7. The predicted octanol–water partition coefficient (Wildman–Crippen LogP) is 1.38. The zero-order valence-electron chi connectivity index (χ0n) is 11.7. The Hall–Kier alpha value is -2.02. The summed E-state index contributed by atoms with van der Waals surface area (Å²) in [6.07, 6.45) is -0.520. The maximum atomic E-state index is 13.7. The van der Waals surface area contributed by atoms with Gasteiger partial charge in [0.05, 0.1) is 13.2 Å². The lowest BCUT2D eigenvalue weighted by atomic mass is 10.1. The second kappa shape index (κ2) is 5.64. The van der Waals surface area contributed by atoms with Gasteiger partial charge in [0.1, 0.15) is 11.6 Å². The predicted molar refractivity (Wildman–Crippen MR) is 71.2 cm³/mol. The van der Waals surface area contributed by atoms with Crippen molar-refractivity contribution in [3.8, 4) is 0 Å². The van der Waals surface area contributed by atoms with Crippen molar-refractivity contribution in [2.75, 3.05) is 19.7 Å². The highest BCUT2D eigenvalue weighted by molar-refractivity contribution is 5.84. The molecule has 1 saturated carbocycles. The van der Waals surface area contributed by atoms with E-state index in [0.717, 1.165) is 6.07 Å². The van der Waals surface area contributed by atoms with E-state index in [9.17, 15) is 18.4 Å². The minimum absolute atomic E-state index is 0.00326. The fourth-order valence-corrected chi connectivity index (χ4v) is 2.85. The molecule has 0 aromatic heterocycles. The van der Waals surface area contributed by atoms with Gasteiger partial charge in [-0.05, 0) is 24.0 Å². The normalized spacial score (nSPS) is 27.5. The number of nitrogens with zero attached hydrogens (tertiary/aromatic N) is 1. The molecule has 1 aromatic rings. The molecule has 1 aromatic carbocycles. The maximum absolute atomic E-state index is 13.7. The number of aliphatic carboxylic acids is 1. The molecule has 22 heavy (non-hydrogen) atoms. The first-order chi connectivity index (χ1) is 10.5. The van der Waals surface area contributed by atoms with Crippen LogP contribution in [0.25, 0.3) is 0 Å². The van der Waals surface area contributed by atoms with Gasteiger partial charge in [-0.1, -0.05) is 6.07 Å². The van der Waals surface area contributed by atoms with E-state index < -0.39 is 23.7 Å². The van der Waals surface area contributed by atoms with Crippen LogP contribution in [0.2, 0.25) is 0 Å². The van der Waals surface area contributed by atoms with E-state index in [1.54, 1.807) is 0 Å². The lowest BCUT2D eigenvalue weighted by molar-refractivity contribution is -0.159. The standard InChI is InChI=1S/C15H15F2NO4/c16-8-1-2-9(12(17)5-8)10-6-11(10)14(19)18-3-4-22-13(7-18)15(20)21/h1-2,5,10-11,13H,3-4,6-7H2,(H,20,21)/t10-,11+,13-/m0/s1. The fraction of sp³-hybridized carbons (Fsp3) is 0.467. The number of benzene rings is 1. The van der Waals surface area contributed by atoms with E-state index >= 15 is 0 Å². The lowest BCUT2D eigenvalue weighted by Gasteiger charge is -2.31. The van der Waals surface area contributed by atoms with Crippen molar-refractivity contribution in [1.82, 2.24) is 4.90 Å². The number of carbonyl (C=O) groups excluding carboxylic acids is 1. The third kappa shape index (κ3) is 2.81. The van der Waals surface area contributed by atoms with Crippen LogP contribution in [0.1, 0.15) is 17.9 Å². The van der Waals surface area contributed by atoms with Crippen molar-refractivity contribution < 1.29 is 28.2 Å². The fourth-order valence-electron chi connectivity index (χ4n) is 2.85. The molecule has 2 aliphatic rings. The van der Waals surface area contributed by atoms with Gasteiger partial charge in [-0.3, -0.25) is 4.79 Å². The zero-order valence-corrected chi connectivity index (χ0v) is 11.7. The quantitative estimate of drug-likeness (QED) is 0.916. The summed E-state index contributed by atoms with van der Waals surface area (Å²) < 4.78 is 31.7. The Bertz CT molecular complexity index is 622. The van der Waals surface area contributed by atoms with Crippen LogP contribution in [-0.2, 0) is 14.3 Å². The van der Waals surface area contributed by atoms with Crippen LogP contribution in [0.15, 0.2) is 18.2 Å². The molecule has 0 radical (unpaired) electrons. The number of ether oxygens (including phenoxy) is 1. The van der Waals surface area contributed by atoms with Crippen LogP contribution in [0.5, 0.6) is 0 Å². The van der Waals surface area contributed by atoms with Gasteiger partial charge >= 0.3 is 5.97 Å². The molecule has 1 aliphatic heterocycles. The molecule has 5 nitrogen and oxygen atoms in total. The highest BCUT2D eigenvalue weighted by Crippen LogP contribution is 2.49. The van der Waals surface area contributed by atoms with Gasteiger partial charge < -0.3 is 14.7 Å². The average Bonchev–Trinajstić information content (AvgIpc) is 3.27. The largest absolute Gasteiger partial charge is 0.479 e. The highest BCUT2D eigenvalue weighted by Gasteiger charge is 2.47. The molecule has 3 rings (SSSR count). The summed E-state index contributed by atoms with van der Waals surface area (Å²) in [7, 11) is 0. The van der Waals surface area contributed by atoms with Crippen molar-refractivity contribution >= 4 is 11.9 Å². The Morgan fingerprint density at radius 3 is 2.77 bits per heavy atom. The van der Waals surface area contributed by atoms with Gasteiger partial charge in [0.25, 0.3) is 0 Å². The van der Waals surface area contributed by atoms with Gasteiger partial charge in [0, 0.05) is 18.5 Å². The third-order valence-electron chi connectivity index (χ3n) is 4.12. The number of amides is 1. The summed E-state index contributed by atoms with van der Waals surface area (Å²) in [6.45, 7) is 0.506. The van der Waals surface area contributed by atoms with Gasteiger partial charge in [-0.25, -0.2) is 13.6 Å². The summed E-state index contributed by atoms with van der Waals surface area (Å²) in [5.74, 6) is -3.22. The summed E-state index contributed by atoms with van der Waals surface area (Å²) in [5, 5.41) is 8.94. The Kier molecular flexibility index (Phi) is 3.82. The summed E-state index contributed by atoms with van der Waals surface area (Å²) in [5.41, 5.74) is 0.336. The topological polar surface area (TPSA) is 66.8 Å². The molecular formula is C15H15F2NO4. The molecular weight excluding hydrogens is 296 g/mol. The van der Waals surface area contributed by atoms with E-state index in [0.29, 0.717) is 18.5 Å². The maximum Gasteiger partial charge on any atom is 0.334 e. The van der Waals surface area contributed by atoms with E-state index in [1.807, 2.05) is 0 Å². The number of carboxylic acids is 1. The smallest absolute Gasteiger partial charge is 0.334 e. The molecule has 0 bridgehead atoms. The Morgan fingerprint density at radius 1 is 1.32 bits per heavy atom. The number of morpholine rings is 1. The Morgan fingerprint density at radius 2 is 2.09 bits per heavy atom. The number of hydrogen-bond donors (Lipinski definition) is 1. The van der Waals surface area contributed by atoms with Crippen molar-refractivity contribution in [1.29, 1.82) is 0 Å². The molecule has 118 valence electrons. The van der Waals surface area contributed by atoms with Crippen LogP contribution in [-0.4, -0.2) is 47.7 Å². The minimum atomic E-state index is -1.10. The van der Waals surface area contributed by atoms with Crippen molar-refractivity contribution in [3.05, 3.63) is 35.4 Å². The second-order valence-corrected chi connectivity index (χ2v) is 5.60.